The van der Waals surface area contributed by atoms with E-state index in [1.807, 2.05) is 12.1 Å². The van der Waals surface area contributed by atoms with Crippen LogP contribution in [0, 0.1) is 6.92 Å². The van der Waals surface area contributed by atoms with Crippen LogP contribution in [-0.4, -0.2) is 32.2 Å². The van der Waals surface area contributed by atoms with Crippen molar-refractivity contribution in [2.24, 2.45) is 4.99 Å². The Bertz CT molecular complexity index is 406. The first-order valence-electron chi connectivity index (χ1n) is 7.32. The number of nitrogens with one attached hydrogen (secondary N) is 2. The molecule has 1 rings (SSSR count). The molecule has 21 heavy (non-hydrogen) atoms. The van der Waals surface area contributed by atoms with E-state index < -0.39 is 0 Å². The first-order valence-corrected chi connectivity index (χ1v) is 7.32. The van der Waals surface area contributed by atoms with Crippen molar-refractivity contribution < 1.29 is 4.74 Å². The topological polar surface area (TPSA) is 45.7 Å². The Kier molecular flexibility index (Phi) is 11.1. The number of guanidine groups is 1. The Balaban J connectivity index is 0.00000400. The minimum absolute atomic E-state index is 0. The summed E-state index contributed by atoms with van der Waals surface area (Å²) in [5.41, 5.74) is 1.25. The van der Waals surface area contributed by atoms with Gasteiger partial charge in [-0.1, -0.05) is 24.6 Å². The second-order valence-electron chi connectivity index (χ2n) is 4.97. The van der Waals surface area contributed by atoms with Gasteiger partial charge in [0.05, 0.1) is 6.61 Å². The molecule has 1 aromatic rings. The zero-order valence-electron chi connectivity index (χ0n) is 13.5. The van der Waals surface area contributed by atoms with E-state index in [0.717, 1.165) is 31.1 Å². The third-order valence-corrected chi connectivity index (χ3v) is 3.12. The van der Waals surface area contributed by atoms with Crippen molar-refractivity contribution >= 4 is 29.9 Å². The van der Waals surface area contributed by atoms with Crippen LogP contribution in [0.25, 0.3) is 0 Å². The van der Waals surface area contributed by atoms with Crippen molar-refractivity contribution in [2.45, 2.75) is 39.7 Å². The lowest BCUT2D eigenvalue weighted by molar-refractivity contribution is 0.311. The summed E-state index contributed by atoms with van der Waals surface area (Å²) in [7, 11) is 1.79. The Hall–Kier alpha value is -0.980. The molecule has 0 aromatic heterocycles. The smallest absolute Gasteiger partial charge is 0.191 e. The van der Waals surface area contributed by atoms with Gasteiger partial charge >= 0.3 is 0 Å². The number of aryl methyl sites for hydroxylation is 1. The summed E-state index contributed by atoms with van der Waals surface area (Å²) in [6, 6.07) is 8.57. The SMILES string of the molecule is CCC(C)NC(=NC)NCCCOc1ccc(C)cc1.I. The van der Waals surface area contributed by atoms with E-state index in [9.17, 15) is 0 Å². The van der Waals surface area contributed by atoms with Crippen LogP contribution < -0.4 is 15.4 Å². The molecule has 1 unspecified atom stereocenters. The highest BCUT2D eigenvalue weighted by Gasteiger charge is 2.01. The van der Waals surface area contributed by atoms with Crippen LogP contribution in [-0.2, 0) is 0 Å². The Morgan fingerprint density at radius 1 is 1.29 bits per heavy atom. The molecular weight excluding hydrogens is 377 g/mol. The van der Waals surface area contributed by atoms with E-state index >= 15 is 0 Å². The number of ether oxygens (including phenoxy) is 1. The number of aliphatic imine (C=N–C) groups is 1. The molecule has 0 bridgehead atoms. The van der Waals surface area contributed by atoms with Crippen LogP contribution in [0.2, 0.25) is 0 Å². The molecule has 5 heteroatoms. The van der Waals surface area contributed by atoms with Crippen LogP contribution in [0.4, 0.5) is 0 Å². The van der Waals surface area contributed by atoms with Crippen molar-refractivity contribution in [3.63, 3.8) is 0 Å². The lowest BCUT2D eigenvalue weighted by atomic mass is 10.2. The van der Waals surface area contributed by atoms with Crippen LogP contribution >= 0.6 is 24.0 Å². The van der Waals surface area contributed by atoms with Crippen molar-refractivity contribution in [3.8, 4) is 5.75 Å². The van der Waals surface area contributed by atoms with Gasteiger partial charge in [0.2, 0.25) is 0 Å². The van der Waals surface area contributed by atoms with Crippen molar-refractivity contribution in [2.75, 3.05) is 20.2 Å². The molecule has 1 atom stereocenters. The van der Waals surface area contributed by atoms with Crippen LogP contribution in [0.15, 0.2) is 29.3 Å². The number of hydrogen-bond donors (Lipinski definition) is 2. The summed E-state index contributed by atoms with van der Waals surface area (Å²) in [5, 5.41) is 6.62. The molecule has 0 fully saturated rings. The molecule has 0 amide bonds. The van der Waals surface area contributed by atoms with Crippen LogP contribution in [0.5, 0.6) is 5.75 Å². The fourth-order valence-electron chi connectivity index (χ4n) is 1.63. The first-order chi connectivity index (χ1) is 9.65. The van der Waals surface area contributed by atoms with Gasteiger partial charge in [-0.05, 0) is 38.8 Å². The quantitative estimate of drug-likeness (QED) is 0.317. The molecule has 0 saturated heterocycles. The summed E-state index contributed by atoms with van der Waals surface area (Å²) in [5.74, 6) is 1.78. The number of rotatable bonds is 7. The van der Waals surface area contributed by atoms with Crippen molar-refractivity contribution in [1.82, 2.24) is 10.6 Å². The summed E-state index contributed by atoms with van der Waals surface area (Å²) in [4.78, 5) is 4.20. The summed E-state index contributed by atoms with van der Waals surface area (Å²) in [6.45, 7) is 7.93. The largest absolute Gasteiger partial charge is 0.494 e. The van der Waals surface area contributed by atoms with Crippen molar-refractivity contribution in [1.29, 1.82) is 0 Å². The predicted octanol–water partition coefficient (Wildman–Crippen LogP) is 3.35. The van der Waals surface area contributed by atoms with Gasteiger partial charge in [0.1, 0.15) is 5.75 Å². The van der Waals surface area contributed by atoms with E-state index in [-0.39, 0.29) is 24.0 Å². The van der Waals surface area contributed by atoms with E-state index in [4.69, 9.17) is 4.74 Å². The highest BCUT2D eigenvalue weighted by molar-refractivity contribution is 14.0. The first kappa shape index (κ1) is 20.0. The number of hydrogen-bond acceptors (Lipinski definition) is 2. The zero-order chi connectivity index (χ0) is 14.8. The number of benzene rings is 1. The van der Waals surface area contributed by atoms with Crippen molar-refractivity contribution in [3.05, 3.63) is 29.8 Å². The van der Waals surface area contributed by atoms with E-state index in [2.05, 4.69) is 48.5 Å². The van der Waals surface area contributed by atoms with Gasteiger partial charge in [0, 0.05) is 19.6 Å². The maximum absolute atomic E-state index is 5.68. The lowest BCUT2D eigenvalue weighted by Crippen LogP contribution is -2.42. The number of nitrogens with zero attached hydrogens (tertiary/aromatic N) is 1. The molecule has 0 radical (unpaired) electrons. The van der Waals surface area contributed by atoms with E-state index in [1.54, 1.807) is 7.05 Å². The minimum atomic E-state index is 0. The fourth-order valence-corrected chi connectivity index (χ4v) is 1.63. The molecular formula is C16H28IN3O. The molecule has 4 nitrogen and oxygen atoms in total. The van der Waals surface area contributed by atoms with E-state index in [0.29, 0.717) is 12.6 Å². The lowest BCUT2D eigenvalue weighted by Gasteiger charge is -2.16. The maximum atomic E-state index is 5.68. The Labute approximate surface area is 145 Å². The molecule has 120 valence electrons. The summed E-state index contributed by atoms with van der Waals surface area (Å²) >= 11 is 0. The normalized spacial score (nSPS) is 12.3. The standard InChI is InChI=1S/C16H27N3O.HI/c1-5-14(3)19-16(17-4)18-11-6-12-20-15-9-7-13(2)8-10-15;/h7-10,14H,5-6,11-12H2,1-4H3,(H2,17,18,19);1H. The minimum Gasteiger partial charge on any atom is -0.494 e. The van der Waals surface area contributed by atoms with Gasteiger partial charge in [-0.2, -0.15) is 0 Å². The van der Waals surface area contributed by atoms with Gasteiger partial charge in [0.15, 0.2) is 5.96 Å². The van der Waals surface area contributed by atoms with Gasteiger partial charge < -0.3 is 15.4 Å². The average Bonchev–Trinajstić information content (AvgIpc) is 2.47. The van der Waals surface area contributed by atoms with Crippen LogP contribution in [0.1, 0.15) is 32.3 Å². The zero-order valence-corrected chi connectivity index (χ0v) is 15.8. The average molecular weight is 405 g/mol. The second kappa shape index (κ2) is 11.7. The monoisotopic (exact) mass is 405 g/mol. The molecule has 1 aromatic carbocycles. The van der Waals surface area contributed by atoms with Gasteiger partial charge in [-0.15, -0.1) is 24.0 Å². The van der Waals surface area contributed by atoms with Crippen LogP contribution in [0.3, 0.4) is 0 Å². The van der Waals surface area contributed by atoms with Gasteiger partial charge in [0.25, 0.3) is 0 Å². The van der Waals surface area contributed by atoms with Gasteiger partial charge in [-0.3, -0.25) is 4.99 Å². The van der Waals surface area contributed by atoms with Gasteiger partial charge in [-0.25, -0.2) is 0 Å². The fraction of sp³-hybridized carbons (Fsp3) is 0.562. The summed E-state index contributed by atoms with van der Waals surface area (Å²) < 4.78 is 5.68. The second-order valence-corrected chi connectivity index (χ2v) is 4.97. The summed E-state index contributed by atoms with van der Waals surface area (Å²) in [6.07, 6.45) is 2.02. The Morgan fingerprint density at radius 2 is 1.95 bits per heavy atom. The Morgan fingerprint density at radius 3 is 2.52 bits per heavy atom. The molecule has 0 spiro atoms. The third-order valence-electron chi connectivity index (χ3n) is 3.12. The molecule has 0 aliphatic carbocycles. The molecule has 0 heterocycles. The van der Waals surface area contributed by atoms with E-state index in [1.165, 1.54) is 5.56 Å². The third kappa shape index (κ3) is 8.80. The molecule has 0 saturated carbocycles. The molecule has 2 N–H and O–H groups in total. The maximum Gasteiger partial charge on any atom is 0.191 e. The molecule has 0 aliphatic rings. The predicted molar refractivity (Wildman–Crippen MR) is 101 cm³/mol. The number of halogens is 1. The molecule has 0 aliphatic heterocycles. The highest BCUT2D eigenvalue weighted by Crippen LogP contribution is 2.11. The highest BCUT2D eigenvalue weighted by atomic mass is 127.